The molecule has 0 saturated carbocycles. The molecular weight excluding hydrogens is 304 g/mol. The van der Waals surface area contributed by atoms with Gasteiger partial charge >= 0.3 is 0 Å². The van der Waals surface area contributed by atoms with Crippen LogP contribution >= 0.6 is 0 Å². The van der Waals surface area contributed by atoms with Crippen molar-refractivity contribution in [1.29, 1.82) is 0 Å². The molecule has 0 aliphatic rings. The molecule has 0 aliphatic heterocycles. The van der Waals surface area contributed by atoms with E-state index in [0.29, 0.717) is 19.7 Å². The molecule has 1 amide bonds. The van der Waals surface area contributed by atoms with Gasteiger partial charge in [0.25, 0.3) is 0 Å². The van der Waals surface area contributed by atoms with Gasteiger partial charge in [-0.05, 0) is 24.6 Å². The largest absolute Gasteiger partial charge is 0.383 e. The fourth-order valence-corrected chi connectivity index (χ4v) is 2.66. The van der Waals surface area contributed by atoms with Gasteiger partial charge in [-0.25, -0.2) is 0 Å². The molecule has 2 rings (SSSR count). The zero-order chi connectivity index (χ0) is 17.4. The average Bonchev–Trinajstić information content (AvgIpc) is 2.98. The molecule has 24 heavy (non-hydrogen) atoms. The van der Waals surface area contributed by atoms with Gasteiger partial charge in [-0.3, -0.25) is 4.79 Å². The van der Waals surface area contributed by atoms with Gasteiger partial charge in [-0.15, -0.1) is 0 Å². The van der Waals surface area contributed by atoms with E-state index in [0.717, 1.165) is 12.2 Å². The van der Waals surface area contributed by atoms with E-state index in [1.54, 1.807) is 12.0 Å². The fraction of sp³-hybridized carbons (Fsp3) is 0.421. The highest BCUT2D eigenvalue weighted by atomic mass is 16.5. The Hall–Kier alpha value is -2.11. The molecule has 2 aromatic rings. The van der Waals surface area contributed by atoms with Crippen LogP contribution in [0.5, 0.6) is 0 Å². The molecule has 1 aromatic heterocycles. The molecule has 0 fully saturated rings. The number of ether oxygens (including phenoxy) is 2. The molecule has 1 aromatic carbocycles. The second-order valence-electron chi connectivity index (χ2n) is 5.86. The first-order valence-electron chi connectivity index (χ1n) is 8.09. The third-order valence-electron chi connectivity index (χ3n) is 3.90. The Morgan fingerprint density at radius 1 is 1.17 bits per heavy atom. The van der Waals surface area contributed by atoms with Crippen LogP contribution in [0.4, 0.5) is 0 Å². The number of hydrogen-bond acceptors (Lipinski definition) is 3. The number of benzene rings is 1. The molecule has 0 N–H and O–H groups in total. The zero-order valence-corrected chi connectivity index (χ0v) is 14.7. The van der Waals surface area contributed by atoms with Gasteiger partial charge in [0.2, 0.25) is 5.91 Å². The molecule has 0 unspecified atom stereocenters. The average molecular weight is 330 g/mol. The number of carbonyl (C=O) groups excluding carboxylic acids is 1. The van der Waals surface area contributed by atoms with E-state index in [-0.39, 0.29) is 12.5 Å². The van der Waals surface area contributed by atoms with Gasteiger partial charge < -0.3 is 18.9 Å². The molecule has 0 spiro atoms. The number of rotatable bonds is 9. The standard InChI is InChI=1S/C19H26N2O3/c1-16-6-4-7-17(12-16)13-20-9-5-8-18(20)14-21(10-11-23-2)19(22)15-24-3/h4-9,12H,10-11,13-15H2,1-3H3. The molecule has 130 valence electrons. The molecule has 0 aliphatic carbocycles. The van der Waals surface area contributed by atoms with Crippen molar-refractivity contribution in [1.82, 2.24) is 9.47 Å². The monoisotopic (exact) mass is 330 g/mol. The van der Waals surface area contributed by atoms with Crippen LogP contribution in [0.25, 0.3) is 0 Å². The third kappa shape index (κ3) is 5.22. The van der Waals surface area contributed by atoms with Crippen LogP contribution in [0.3, 0.4) is 0 Å². The van der Waals surface area contributed by atoms with Crippen molar-refractivity contribution in [3.8, 4) is 0 Å². The maximum atomic E-state index is 12.2. The van der Waals surface area contributed by atoms with E-state index >= 15 is 0 Å². The Morgan fingerprint density at radius 3 is 2.71 bits per heavy atom. The summed E-state index contributed by atoms with van der Waals surface area (Å²) >= 11 is 0. The molecule has 0 saturated heterocycles. The van der Waals surface area contributed by atoms with E-state index in [1.165, 1.54) is 18.2 Å². The first-order chi connectivity index (χ1) is 11.6. The number of carbonyl (C=O) groups is 1. The van der Waals surface area contributed by atoms with Crippen LogP contribution in [-0.4, -0.2) is 49.4 Å². The van der Waals surface area contributed by atoms with Crippen LogP contribution in [0.1, 0.15) is 16.8 Å². The highest BCUT2D eigenvalue weighted by Gasteiger charge is 2.15. The lowest BCUT2D eigenvalue weighted by Crippen LogP contribution is -2.36. The van der Waals surface area contributed by atoms with E-state index < -0.39 is 0 Å². The number of hydrogen-bond donors (Lipinski definition) is 0. The van der Waals surface area contributed by atoms with Crippen molar-refractivity contribution >= 4 is 5.91 Å². The Kier molecular flexibility index (Phi) is 7.03. The minimum atomic E-state index is -0.0298. The van der Waals surface area contributed by atoms with Gasteiger partial charge in [0.1, 0.15) is 6.61 Å². The van der Waals surface area contributed by atoms with Gasteiger partial charge in [0.15, 0.2) is 0 Å². The third-order valence-corrected chi connectivity index (χ3v) is 3.90. The summed E-state index contributed by atoms with van der Waals surface area (Å²) < 4.78 is 12.3. The number of aromatic nitrogens is 1. The minimum Gasteiger partial charge on any atom is -0.383 e. The van der Waals surface area contributed by atoms with Crippen molar-refractivity contribution in [2.24, 2.45) is 0 Å². The van der Waals surface area contributed by atoms with E-state index in [2.05, 4.69) is 41.8 Å². The van der Waals surface area contributed by atoms with E-state index in [9.17, 15) is 4.79 Å². The summed E-state index contributed by atoms with van der Waals surface area (Å²) in [4.78, 5) is 14.0. The Labute approximate surface area is 143 Å². The SMILES string of the molecule is COCCN(Cc1cccn1Cc1cccc(C)c1)C(=O)COC. The molecule has 0 atom stereocenters. The van der Waals surface area contributed by atoms with Crippen LogP contribution < -0.4 is 0 Å². The van der Waals surface area contributed by atoms with Gasteiger partial charge in [0.05, 0.1) is 13.2 Å². The van der Waals surface area contributed by atoms with Crippen molar-refractivity contribution in [3.63, 3.8) is 0 Å². The number of aryl methyl sites for hydroxylation is 1. The van der Waals surface area contributed by atoms with Gasteiger partial charge in [-0.1, -0.05) is 29.8 Å². The van der Waals surface area contributed by atoms with Crippen molar-refractivity contribution in [2.75, 3.05) is 34.0 Å². The second-order valence-corrected chi connectivity index (χ2v) is 5.86. The van der Waals surface area contributed by atoms with Crippen LogP contribution in [-0.2, 0) is 27.4 Å². The molecule has 5 heteroatoms. The van der Waals surface area contributed by atoms with Crippen molar-refractivity contribution in [2.45, 2.75) is 20.0 Å². The lowest BCUT2D eigenvalue weighted by Gasteiger charge is -2.23. The van der Waals surface area contributed by atoms with Gasteiger partial charge in [0, 0.05) is 39.2 Å². The zero-order valence-electron chi connectivity index (χ0n) is 14.7. The van der Waals surface area contributed by atoms with E-state index in [1.807, 2.05) is 12.3 Å². The highest BCUT2D eigenvalue weighted by Crippen LogP contribution is 2.12. The Bertz CT molecular complexity index is 652. The Morgan fingerprint density at radius 2 is 2.00 bits per heavy atom. The summed E-state index contributed by atoms with van der Waals surface area (Å²) in [6.45, 7) is 4.58. The second kappa shape index (κ2) is 9.25. The summed E-state index contributed by atoms with van der Waals surface area (Å²) in [5.41, 5.74) is 3.59. The first kappa shape index (κ1) is 18.2. The van der Waals surface area contributed by atoms with Crippen molar-refractivity contribution < 1.29 is 14.3 Å². The smallest absolute Gasteiger partial charge is 0.248 e. The summed E-state index contributed by atoms with van der Waals surface area (Å²) in [6, 6.07) is 12.5. The molecule has 0 radical (unpaired) electrons. The molecule has 1 heterocycles. The maximum absolute atomic E-state index is 12.2. The Balaban J connectivity index is 2.10. The lowest BCUT2D eigenvalue weighted by atomic mass is 10.1. The maximum Gasteiger partial charge on any atom is 0.248 e. The highest BCUT2D eigenvalue weighted by molar-refractivity contribution is 5.77. The summed E-state index contributed by atoms with van der Waals surface area (Å²) in [6.07, 6.45) is 2.05. The fourth-order valence-electron chi connectivity index (χ4n) is 2.66. The van der Waals surface area contributed by atoms with E-state index in [4.69, 9.17) is 9.47 Å². The summed E-state index contributed by atoms with van der Waals surface area (Å²) in [7, 11) is 3.17. The molecule has 5 nitrogen and oxygen atoms in total. The van der Waals surface area contributed by atoms with Crippen molar-refractivity contribution in [3.05, 3.63) is 59.4 Å². The predicted octanol–water partition coefficient (Wildman–Crippen LogP) is 2.47. The lowest BCUT2D eigenvalue weighted by molar-refractivity contribution is -0.136. The number of amides is 1. The molecule has 0 bridgehead atoms. The van der Waals surface area contributed by atoms with Crippen LogP contribution in [0.2, 0.25) is 0 Å². The number of nitrogens with zero attached hydrogens (tertiary/aromatic N) is 2. The first-order valence-corrected chi connectivity index (χ1v) is 8.09. The topological polar surface area (TPSA) is 43.7 Å². The minimum absolute atomic E-state index is 0.0298. The van der Waals surface area contributed by atoms with Crippen LogP contribution in [0, 0.1) is 6.92 Å². The summed E-state index contributed by atoms with van der Waals surface area (Å²) in [5, 5.41) is 0. The normalized spacial score (nSPS) is 10.8. The molecular formula is C19H26N2O3. The van der Waals surface area contributed by atoms with Crippen LogP contribution in [0.15, 0.2) is 42.6 Å². The summed E-state index contributed by atoms with van der Waals surface area (Å²) in [5.74, 6) is -0.0298. The predicted molar refractivity (Wildman–Crippen MR) is 93.9 cm³/mol. The quantitative estimate of drug-likeness (QED) is 0.709. The number of methoxy groups -OCH3 is 2. The van der Waals surface area contributed by atoms with Gasteiger partial charge in [-0.2, -0.15) is 0 Å².